The van der Waals surface area contributed by atoms with Crippen molar-refractivity contribution in [1.82, 2.24) is 0 Å². The van der Waals surface area contributed by atoms with E-state index in [2.05, 4.69) is 0 Å². The summed E-state index contributed by atoms with van der Waals surface area (Å²) in [5, 5.41) is 17.3. The minimum absolute atomic E-state index is 0.129. The highest BCUT2D eigenvalue weighted by Crippen LogP contribution is 2.04. The van der Waals surface area contributed by atoms with E-state index in [-0.39, 0.29) is 18.9 Å². The molecule has 54 valence electrons. The van der Waals surface area contributed by atoms with Crippen LogP contribution in [0.1, 0.15) is 13.3 Å². The van der Waals surface area contributed by atoms with Crippen molar-refractivity contribution >= 4 is 6.29 Å². The van der Waals surface area contributed by atoms with Gasteiger partial charge in [-0.05, 0) is 6.92 Å². The molecule has 3 heteroatoms. The summed E-state index contributed by atoms with van der Waals surface area (Å²) in [6.07, 6.45) is 0.335. The molecule has 3 nitrogen and oxygen atoms in total. The van der Waals surface area contributed by atoms with E-state index >= 15 is 0 Å². The van der Waals surface area contributed by atoms with Crippen LogP contribution in [-0.2, 0) is 4.79 Å². The van der Waals surface area contributed by atoms with Gasteiger partial charge >= 0.3 is 0 Å². The molecule has 0 bridgehead atoms. The lowest BCUT2D eigenvalue weighted by atomic mass is 10.0. The standard InChI is InChI=1S/C6H12O3/c1-5(9)6(4-8)2-3-7/h3,5-6,8-9H,2,4H2,1H3. The van der Waals surface area contributed by atoms with Crippen LogP contribution < -0.4 is 0 Å². The minimum Gasteiger partial charge on any atom is -0.396 e. The summed E-state index contributed by atoms with van der Waals surface area (Å²) in [6.45, 7) is 1.43. The van der Waals surface area contributed by atoms with Gasteiger partial charge < -0.3 is 15.0 Å². The molecule has 9 heavy (non-hydrogen) atoms. The number of aliphatic hydroxyl groups is 2. The highest BCUT2D eigenvalue weighted by molar-refractivity contribution is 5.49. The van der Waals surface area contributed by atoms with Crippen LogP contribution in [0, 0.1) is 5.92 Å². The summed E-state index contributed by atoms with van der Waals surface area (Å²) in [7, 11) is 0. The van der Waals surface area contributed by atoms with Gasteiger partial charge in [0.05, 0.1) is 6.10 Å². The normalized spacial score (nSPS) is 16.8. The topological polar surface area (TPSA) is 57.5 Å². The fourth-order valence-corrected chi connectivity index (χ4v) is 0.548. The van der Waals surface area contributed by atoms with Crippen LogP contribution in [0.5, 0.6) is 0 Å². The smallest absolute Gasteiger partial charge is 0.120 e. The van der Waals surface area contributed by atoms with Crippen molar-refractivity contribution in [1.29, 1.82) is 0 Å². The van der Waals surface area contributed by atoms with Gasteiger partial charge in [0, 0.05) is 18.9 Å². The van der Waals surface area contributed by atoms with Crippen LogP contribution in [0.15, 0.2) is 0 Å². The molecule has 0 aliphatic heterocycles. The highest BCUT2D eigenvalue weighted by Gasteiger charge is 2.11. The Bertz CT molecular complexity index is 80.4. The second kappa shape index (κ2) is 4.47. The first-order chi connectivity index (χ1) is 4.22. The second-order valence-electron chi connectivity index (χ2n) is 2.09. The summed E-state index contributed by atoms with van der Waals surface area (Å²) < 4.78 is 0. The van der Waals surface area contributed by atoms with Crippen molar-refractivity contribution < 1.29 is 15.0 Å². The molecular weight excluding hydrogens is 120 g/mol. The zero-order chi connectivity index (χ0) is 7.28. The number of carbonyl (C=O) groups excluding carboxylic acids is 1. The molecule has 0 radical (unpaired) electrons. The number of hydrogen-bond donors (Lipinski definition) is 2. The molecule has 0 fully saturated rings. The number of hydrogen-bond acceptors (Lipinski definition) is 3. The monoisotopic (exact) mass is 132 g/mol. The van der Waals surface area contributed by atoms with Gasteiger partial charge in [0.15, 0.2) is 0 Å². The fraction of sp³-hybridized carbons (Fsp3) is 0.833. The molecule has 0 saturated heterocycles. The van der Waals surface area contributed by atoms with Crippen LogP contribution in [-0.4, -0.2) is 29.2 Å². The molecule has 0 heterocycles. The number of aliphatic hydroxyl groups excluding tert-OH is 2. The Kier molecular flexibility index (Phi) is 4.26. The lowest BCUT2D eigenvalue weighted by molar-refractivity contribution is -0.109. The van der Waals surface area contributed by atoms with Crippen molar-refractivity contribution in [2.75, 3.05) is 6.61 Å². The van der Waals surface area contributed by atoms with Gasteiger partial charge in [-0.2, -0.15) is 0 Å². The largest absolute Gasteiger partial charge is 0.396 e. The van der Waals surface area contributed by atoms with Crippen LogP contribution in [0.25, 0.3) is 0 Å². The molecular formula is C6H12O3. The predicted molar refractivity (Wildman–Crippen MR) is 32.9 cm³/mol. The van der Waals surface area contributed by atoms with Gasteiger partial charge in [0.1, 0.15) is 6.29 Å². The SMILES string of the molecule is CC(O)C(CO)CC=O. The Morgan fingerprint density at radius 2 is 2.22 bits per heavy atom. The maximum Gasteiger partial charge on any atom is 0.120 e. The van der Waals surface area contributed by atoms with Crippen molar-refractivity contribution in [3.05, 3.63) is 0 Å². The molecule has 0 amide bonds. The molecule has 2 N–H and O–H groups in total. The minimum atomic E-state index is -0.597. The van der Waals surface area contributed by atoms with E-state index < -0.39 is 6.10 Å². The van der Waals surface area contributed by atoms with Crippen LogP contribution >= 0.6 is 0 Å². The molecule has 0 spiro atoms. The van der Waals surface area contributed by atoms with Gasteiger partial charge in [0.2, 0.25) is 0 Å². The Morgan fingerprint density at radius 3 is 2.33 bits per heavy atom. The van der Waals surface area contributed by atoms with E-state index in [1.165, 1.54) is 0 Å². The molecule has 0 aromatic heterocycles. The molecule has 0 aliphatic carbocycles. The van der Waals surface area contributed by atoms with Crippen molar-refractivity contribution in [3.63, 3.8) is 0 Å². The molecule has 0 aromatic carbocycles. The molecule has 2 unspecified atom stereocenters. The highest BCUT2D eigenvalue weighted by atomic mass is 16.3. The van der Waals surface area contributed by atoms with Gasteiger partial charge in [0.25, 0.3) is 0 Å². The molecule has 0 aromatic rings. The zero-order valence-electron chi connectivity index (χ0n) is 5.45. The first-order valence-electron chi connectivity index (χ1n) is 2.95. The van der Waals surface area contributed by atoms with Gasteiger partial charge in [-0.3, -0.25) is 0 Å². The van der Waals surface area contributed by atoms with E-state index in [4.69, 9.17) is 10.2 Å². The molecule has 0 rings (SSSR count). The van der Waals surface area contributed by atoms with Gasteiger partial charge in [-0.1, -0.05) is 0 Å². The van der Waals surface area contributed by atoms with E-state index in [9.17, 15) is 4.79 Å². The Labute approximate surface area is 54.3 Å². The summed E-state index contributed by atoms with van der Waals surface area (Å²) in [5.41, 5.74) is 0. The molecule has 0 saturated carbocycles. The maximum absolute atomic E-state index is 9.86. The van der Waals surface area contributed by atoms with Crippen LogP contribution in [0.2, 0.25) is 0 Å². The number of rotatable bonds is 4. The van der Waals surface area contributed by atoms with E-state index in [1.54, 1.807) is 6.92 Å². The van der Waals surface area contributed by atoms with Crippen LogP contribution in [0.4, 0.5) is 0 Å². The van der Waals surface area contributed by atoms with Crippen molar-refractivity contribution in [2.45, 2.75) is 19.4 Å². The second-order valence-corrected chi connectivity index (χ2v) is 2.09. The van der Waals surface area contributed by atoms with E-state index in [0.717, 1.165) is 0 Å². The number of carbonyl (C=O) groups is 1. The quantitative estimate of drug-likeness (QED) is 0.510. The third-order valence-electron chi connectivity index (χ3n) is 1.32. The Morgan fingerprint density at radius 1 is 1.67 bits per heavy atom. The predicted octanol–water partition coefficient (Wildman–Crippen LogP) is -0.435. The Hall–Kier alpha value is -0.410. The number of aldehydes is 1. The van der Waals surface area contributed by atoms with Gasteiger partial charge in [-0.25, -0.2) is 0 Å². The van der Waals surface area contributed by atoms with Crippen molar-refractivity contribution in [2.24, 2.45) is 5.92 Å². The first kappa shape index (κ1) is 8.59. The van der Waals surface area contributed by atoms with E-state index in [0.29, 0.717) is 6.29 Å². The summed E-state index contributed by atoms with van der Waals surface area (Å²) in [5.74, 6) is -0.289. The third kappa shape index (κ3) is 3.21. The molecule has 2 atom stereocenters. The summed E-state index contributed by atoms with van der Waals surface area (Å²) in [4.78, 5) is 9.86. The summed E-state index contributed by atoms with van der Waals surface area (Å²) in [6, 6.07) is 0. The third-order valence-corrected chi connectivity index (χ3v) is 1.32. The van der Waals surface area contributed by atoms with Crippen LogP contribution in [0.3, 0.4) is 0 Å². The maximum atomic E-state index is 9.86. The van der Waals surface area contributed by atoms with Crippen molar-refractivity contribution in [3.8, 4) is 0 Å². The lowest BCUT2D eigenvalue weighted by Crippen LogP contribution is -2.20. The average Bonchev–Trinajstić information content (AvgIpc) is 1.82. The first-order valence-corrected chi connectivity index (χ1v) is 2.95. The average molecular weight is 132 g/mol. The molecule has 0 aliphatic rings. The lowest BCUT2D eigenvalue weighted by Gasteiger charge is -2.12. The zero-order valence-corrected chi connectivity index (χ0v) is 5.45. The summed E-state index contributed by atoms with van der Waals surface area (Å²) >= 11 is 0. The van der Waals surface area contributed by atoms with E-state index in [1.807, 2.05) is 0 Å². The fourth-order valence-electron chi connectivity index (χ4n) is 0.548. The van der Waals surface area contributed by atoms with Gasteiger partial charge in [-0.15, -0.1) is 0 Å². The Balaban J connectivity index is 3.53.